The molecular weight excluding hydrogens is 180 g/mol. The Morgan fingerprint density at radius 1 is 1.21 bits per heavy atom. The summed E-state index contributed by atoms with van der Waals surface area (Å²) in [4.78, 5) is 0. The second-order valence-electron chi connectivity index (χ2n) is 3.40. The van der Waals surface area contributed by atoms with Crippen LogP contribution in [0.25, 0.3) is 0 Å². The number of benzene rings is 1. The number of ether oxygens (including phenoxy) is 2. The first-order valence-corrected chi connectivity index (χ1v) is 4.78. The molecule has 1 aromatic carbocycles. The summed E-state index contributed by atoms with van der Waals surface area (Å²) in [6, 6.07) is 10.0. The fourth-order valence-electron chi connectivity index (χ4n) is 1.35. The summed E-state index contributed by atoms with van der Waals surface area (Å²) in [5, 5.41) is 8.71. The van der Waals surface area contributed by atoms with Gasteiger partial charge in [-0.1, -0.05) is 30.3 Å². The lowest BCUT2D eigenvalue weighted by molar-refractivity contribution is 0.104. The van der Waals surface area contributed by atoms with Gasteiger partial charge in [-0.25, -0.2) is 0 Å². The minimum absolute atomic E-state index is 0.00535. The Labute approximate surface area is 83.3 Å². The zero-order valence-corrected chi connectivity index (χ0v) is 7.93. The minimum atomic E-state index is 0.00535. The lowest BCUT2D eigenvalue weighted by Gasteiger charge is -2.01. The third-order valence-electron chi connectivity index (χ3n) is 2.26. The van der Waals surface area contributed by atoms with Crippen molar-refractivity contribution in [3.05, 3.63) is 35.9 Å². The van der Waals surface area contributed by atoms with Crippen LogP contribution in [0.1, 0.15) is 5.56 Å². The predicted molar refractivity (Wildman–Crippen MR) is 51.8 cm³/mol. The van der Waals surface area contributed by atoms with Crippen LogP contribution in [0.3, 0.4) is 0 Å². The number of hydrogen-bond donors (Lipinski definition) is 1. The van der Waals surface area contributed by atoms with E-state index < -0.39 is 0 Å². The average molecular weight is 194 g/mol. The molecule has 0 amide bonds. The molecule has 0 unspecified atom stereocenters. The molecule has 0 aromatic heterocycles. The number of rotatable bonds is 5. The molecule has 2 rings (SSSR count). The van der Waals surface area contributed by atoms with Gasteiger partial charge in [0.2, 0.25) is 0 Å². The standard InChI is InChI=1S/C11H14O3/c12-6-10-11(14-10)8-13-7-9-4-2-1-3-5-9/h1-5,10-12H,6-8H2/t10-,11-/m0/s1. The lowest BCUT2D eigenvalue weighted by atomic mass is 10.2. The maximum absolute atomic E-state index is 8.71. The molecule has 1 N–H and O–H groups in total. The highest BCUT2D eigenvalue weighted by Gasteiger charge is 2.37. The largest absolute Gasteiger partial charge is 0.394 e. The summed E-state index contributed by atoms with van der Waals surface area (Å²) in [7, 11) is 0. The van der Waals surface area contributed by atoms with Crippen LogP contribution in [0.2, 0.25) is 0 Å². The van der Waals surface area contributed by atoms with E-state index in [0.717, 1.165) is 5.56 Å². The second-order valence-corrected chi connectivity index (χ2v) is 3.40. The Hall–Kier alpha value is -0.900. The zero-order valence-electron chi connectivity index (χ0n) is 7.93. The molecule has 3 nitrogen and oxygen atoms in total. The van der Waals surface area contributed by atoms with Gasteiger partial charge in [-0.3, -0.25) is 0 Å². The van der Waals surface area contributed by atoms with E-state index in [1.54, 1.807) is 0 Å². The van der Waals surface area contributed by atoms with Crippen molar-refractivity contribution in [3.63, 3.8) is 0 Å². The maximum atomic E-state index is 8.71. The van der Waals surface area contributed by atoms with Gasteiger partial charge in [0, 0.05) is 0 Å². The molecule has 1 aromatic rings. The third-order valence-corrected chi connectivity index (χ3v) is 2.26. The van der Waals surface area contributed by atoms with Crippen molar-refractivity contribution in [3.8, 4) is 0 Å². The Morgan fingerprint density at radius 2 is 2.00 bits per heavy atom. The van der Waals surface area contributed by atoms with Gasteiger partial charge in [0.05, 0.1) is 19.8 Å². The van der Waals surface area contributed by atoms with Gasteiger partial charge in [0.1, 0.15) is 12.2 Å². The smallest absolute Gasteiger partial charge is 0.110 e. The molecule has 0 aliphatic carbocycles. The van der Waals surface area contributed by atoms with Crippen LogP contribution in [0.4, 0.5) is 0 Å². The maximum Gasteiger partial charge on any atom is 0.110 e. The van der Waals surface area contributed by atoms with Gasteiger partial charge in [-0.15, -0.1) is 0 Å². The molecule has 1 fully saturated rings. The van der Waals surface area contributed by atoms with Crippen LogP contribution < -0.4 is 0 Å². The summed E-state index contributed by atoms with van der Waals surface area (Å²) in [6.07, 6.45) is 0.106. The van der Waals surface area contributed by atoms with Crippen LogP contribution in [-0.4, -0.2) is 30.5 Å². The van der Waals surface area contributed by atoms with Gasteiger partial charge in [0.15, 0.2) is 0 Å². The molecule has 2 atom stereocenters. The summed E-state index contributed by atoms with van der Waals surface area (Å²) < 4.78 is 10.6. The fourth-order valence-corrected chi connectivity index (χ4v) is 1.35. The molecule has 0 bridgehead atoms. The van der Waals surface area contributed by atoms with Crippen LogP contribution in [0.15, 0.2) is 30.3 Å². The Balaban J connectivity index is 1.64. The highest BCUT2D eigenvalue weighted by molar-refractivity contribution is 5.13. The van der Waals surface area contributed by atoms with Crippen LogP contribution in [0, 0.1) is 0 Å². The quantitative estimate of drug-likeness (QED) is 0.710. The van der Waals surface area contributed by atoms with Crippen LogP contribution >= 0.6 is 0 Å². The predicted octanol–water partition coefficient (Wildman–Crippen LogP) is 0.963. The molecule has 1 heterocycles. The molecule has 76 valence electrons. The second kappa shape index (κ2) is 4.55. The van der Waals surface area contributed by atoms with Crippen LogP contribution in [0.5, 0.6) is 0 Å². The Bertz CT molecular complexity index is 273. The van der Waals surface area contributed by atoms with Gasteiger partial charge in [-0.2, -0.15) is 0 Å². The van der Waals surface area contributed by atoms with E-state index in [1.807, 2.05) is 30.3 Å². The van der Waals surface area contributed by atoms with E-state index in [1.165, 1.54) is 0 Å². The summed E-state index contributed by atoms with van der Waals surface area (Å²) in [5.41, 5.74) is 1.16. The Morgan fingerprint density at radius 3 is 2.64 bits per heavy atom. The number of aliphatic hydroxyl groups is 1. The fraction of sp³-hybridized carbons (Fsp3) is 0.455. The molecular formula is C11H14O3. The van der Waals surface area contributed by atoms with Crippen molar-refractivity contribution in [2.45, 2.75) is 18.8 Å². The summed E-state index contributed by atoms with van der Waals surface area (Å²) >= 11 is 0. The van der Waals surface area contributed by atoms with Crippen molar-refractivity contribution < 1.29 is 14.6 Å². The monoisotopic (exact) mass is 194 g/mol. The number of epoxide rings is 1. The van der Waals surface area contributed by atoms with Crippen molar-refractivity contribution >= 4 is 0 Å². The van der Waals surface area contributed by atoms with Gasteiger partial charge < -0.3 is 14.6 Å². The topological polar surface area (TPSA) is 42.0 Å². The number of aliphatic hydroxyl groups excluding tert-OH is 1. The van der Waals surface area contributed by atoms with Crippen LogP contribution in [-0.2, 0) is 16.1 Å². The molecule has 1 aliphatic heterocycles. The molecule has 0 spiro atoms. The molecule has 3 heteroatoms. The highest BCUT2D eigenvalue weighted by Crippen LogP contribution is 2.21. The van der Waals surface area contributed by atoms with E-state index in [0.29, 0.717) is 13.2 Å². The van der Waals surface area contributed by atoms with Crippen molar-refractivity contribution in [2.24, 2.45) is 0 Å². The lowest BCUT2D eigenvalue weighted by Crippen LogP contribution is -2.07. The first kappa shape index (κ1) is 9.65. The average Bonchev–Trinajstić information content (AvgIpc) is 2.98. The van der Waals surface area contributed by atoms with Crippen molar-refractivity contribution in [1.82, 2.24) is 0 Å². The minimum Gasteiger partial charge on any atom is -0.394 e. The zero-order chi connectivity index (χ0) is 9.80. The normalized spacial score (nSPS) is 24.9. The van der Waals surface area contributed by atoms with E-state index in [-0.39, 0.29) is 18.8 Å². The Kier molecular flexibility index (Phi) is 3.14. The van der Waals surface area contributed by atoms with Crippen molar-refractivity contribution in [2.75, 3.05) is 13.2 Å². The molecule has 1 saturated heterocycles. The van der Waals surface area contributed by atoms with E-state index in [9.17, 15) is 0 Å². The SMILES string of the molecule is OC[C@@H]1O[C@H]1COCc1ccccc1. The molecule has 0 radical (unpaired) electrons. The first-order valence-electron chi connectivity index (χ1n) is 4.78. The van der Waals surface area contributed by atoms with Crippen molar-refractivity contribution in [1.29, 1.82) is 0 Å². The molecule has 1 aliphatic rings. The first-order chi connectivity index (χ1) is 6.90. The highest BCUT2D eigenvalue weighted by atomic mass is 16.6. The molecule has 14 heavy (non-hydrogen) atoms. The van der Waals surface area contributed by atoms with E-state index in [2.05, 4.69) is 0 Å². The van der Waals surface area contributed by atoms with E-state index in [4.69, 9.17) is 14.6 Å². The van der Waals surface area contributed by atoms with Gasteiger partial charge in [-0.05, 0) is 5.56 Å². The molecule has 0 saturated carbocycles. The van der Waals surface area contributed by atoms with E-state index >= 15 is 0 Å². The summed E-state index contributed by atoms with van der Waals surface area (Å²) in [6.45, 7) is 1.28. The third kappa shape index (κ3) is 2.54. The summed E-state index contributed by atoms with van der Waals surface area (Å²) in [5.74, 6) is 0. The van der Waals surface area contributed by atoms with Gasteiger partial charge in [0.25, 0.3) is 0 Å². The number of hydrogen-bond acceptors (Lipinski definition) is 3. The van der Waals surface area contributed by atoms with Gasteiger partial charge >= 0.3 is 0 Å².